The number of nitrogens with one attached hydrogen (secondary N) is 1. The van der Waals surface area contributed by atoms with Crippen LogP contribution >= 0.6 is 0 Å². The molecule has 0 saturated carbocycles. The normalized spacial score (nSPS) is 20.9. The molecule has 1 aliphatic heterocycles. The highest BCUT2D eigenvalue weighted by atomic mass is 16.2. The lowest BCUT2D eigenvalue weighted by Gasteiger charge is -2.29. The van der Waals surface area contributed by atoms with Gasteiger partial charge in [0.25, 0.3) is 0 Å². The largest absolute Gasteiger partial charge is 0.342 e. The molecule has 0 aromatic rings. The number of piperidine rings is 1. The number of hydrogen-bond acceptors (Lipinski definition) is 3. The second-order valence-electron chi connectivity index (χ2n) is 5.44. The molecule has 0 radical (unpaired) electrons. The van der Waals surface area contributed by atoms with Gasteiger partial charge in [-0.3, -0.25) is 9.69 Å². The van der Waals surface area contributed by atoms with Crippen molar-refractivity contribution in [1.82, 2.24) is 15.1 Å². The SMILES string of the molecule is CC(C)N(C)C(=O)CN(C)CC1CCCCN1. The zero-order valence-corrected chi connectivity index (χ0v) is 11.7. The molecule has 0 bridgehead atoms. The van der Waals surface area contributed by atoms with Crippen LogP contribution in [-0.2, 0) is 4.79 Å². The lowest BCUT2D eigenvalue weighted by Crippen LogP contribution is -2.46. The minimum atomic E-state index is 0.207. The topological polar surface area (TPSA) is 35.6 Å². The highest BCUT2D eigenvalue weighted by Gasteiger charge is 2.18. The van der Waals surface area contributed by atoms with E-state index in [4.69, 9.17) is 0 Å². The number of rotatable bonds is 5. The minimum Gasteiger partial charge on any atom is -0.342 e. The molecule has 0 aromatic heterocycles. The summed E-state index contributed by atoms with van der Waals surface area (Å²) in [4.78, 5) is 15.8. The standard InChI is InChI=1S/C13H27N3O/c1-11(2)16(4)13(17)10-15(3)9-12-7-5-6-8-14-12/h11-12,14H,5-10H2,1-4H3. The lowest BCUT2D eigenvalue weighted by atomic mass is 10.0. The fourth-order valence-corrected chi connectivity index (χ4v) is 2.15. The molecule has 1 heterocycles. The molecule has 1 amide bonds. The Hall–Kier alpha value is -0.610. The molecule has 1 unspecified atom stereocenters. The van der Waals surface area contributed by atoms with Gasteiger partial charge in [0.05, 0.1) is 6.54 Å². The van der Waals surface area contributed by atoms with E-state index in [-0.39, 0.29) is 11.9 Å². The maximum atomic E-state index is 11.9. The van der Waals surface area contributed by atoms with Crippen LogP contribution in [0.15, 0.2) is 0 Å². The predicted octanol–water partition coefficient (Wildman–Crippen LogP) is 0.927. The summed E-state index contributed by atoms with van der Waals surface area (Å²) in [5, 5.41) is 3.51. The van der Waals surface area contributed by atoms with Crippen molar-refractivity contribution >= 4 is 5.91 Å². The van der Waals surface area contributed by atoms with Crippen LogP contribution in [0.25, 0.3) is 0 Å². The molecular weight excluding hydrogens is 214 g/mol. The van der Waals surface area contributed by atoms with Crippen molar-refractivity contribution < 1.29 is 4.79 Å². The smallest absolute Gasteiger partial charge is 0.236 e. The highest BCUT2D eigenvalue weighted by molar-refractivity contribution is 5.78. The molecule has 1 aliphatic rings. The molecule has 1 N–H and O–H groups in total. The van der Waals surface area contributed by atoms with Crippen molar-refractivity contribution in [2.75, 3.05) is 33.7 Å². The summed E-state index contributed by atoms with van der Waals surface area (Å²) in [6, 6.07) is 0.842. The van der Waals surface area contributed by atoms with E-state index in [2.05, 4.69) is 10.2 Å². The van der Waals surface area contributed by atoms with E-state index in [0.717, 1.165) is 13.1 Å². The van der Waals surface area contributed by atoms with E-state index >= 15 is 0 Å². The Morgan fingerprint density at radius 3 is 2.59 bits per heavy atom. The van der Waals surface area contributed by atoms with Gasteiger partial charge in [0, 0.05) is 25.7 Å². The van der Waals surface area contributed by atoms with E-state index in [0.29, 0.717) is 12.6 Å². The van der Waals surface area contributed by atoms with Crippen LogP contribution in [0.1, 0.15) is 33.1 Å². The molecule has 0 spiro atoms. The van der Waals surface area contributed by atoms with Gasteiger partial charge >= 0.3 is 0 Å². The second kappa shape index (κ2) is 6.97. The Labute approximate surface area is 105 Å². The van der Waals surface area contributed by atoms with E-state index in [1.165, 1.54) is 19.3 Å². The zero-order valence-electron chi connectivity index (χ0n) is 11.7. The third kappa shape index (κ3) is 5.04. The summed E-state index contributed by atoms with van der Waals surface area (Å²) in [7, 11) is 3.90. The first-order valence-electron chi connectivity index (χ1n) is 6.68. The van der Waals surface area contributed by atoms with Crippen LogP contribution in [0.5, 0.6) is 0 Å². The molecule has 1 fully saturated rings. The van der Waals surface area contributed by atoms with Gasteiger partial charge in [-0.1, -0.05) is 6.42 Å². The third-order valence-electron chi connectivity index (χ3n) is 3.52. The second-order valence-corrected chi connectivity index (χ2v) is 5.44. The van der Waals surface area contributed by atoms with Crippen LogP contribution in [0.3, 0.4) is 0 Å². The quantitative estimate of drug-likeness (QED) is 0.778. The van der Waals surface area contributed by atoms with Gasteiger partial charge in [0.2, 0.25) is 5.91 Å². The number of amides is 1. The Kier molecular flexibility index (Phi) is 5.92. The van der Waals surface area contributed by atoms with Gasteiger partial charge in [-0.05, 0) is 40.3 Å². The molecule has 1 rings (SSSR count). The fraction of sp³-hybridized carbons (Fsp3) is 0.923. The van der Waals surface area contributed by atoms with Crippen LogP contribution in [-0.4, -0.2) is 61.5 Å². The molecule has 100 valence electrons. The average Bonchev–Trinajstić information content (AvgIpc) is 2.28. The van der Waals surface area contributed by atoms with Crippen molar-refractivity contribution in [2.45, 2.75) is 45.2 Å². The molecule has 0 aliphatic carbocycles. The number of likely N-dealkylation sites (N-methyl/N-ethyl adjacent to an activating group) is 2. The molecular formula is C13H27N3O. The van der Waals surface area contributed by atoms with Gasteiger partial charge < -0.3 is 10.2 Å². The Bertz CT molecular complexity index is 237. The summed E-state index contributed by atoms with van der Waals surface area (Å²) in [5.74, 6) is 0.207. The van der Waals surface area contributed by atoms with Crippen molar-refractivity contribution in [3.63, 3.8) is 0 Å². The van der Waals surface area contributed by atoms with E-state index in [1.807, 2.05) is 32.8 Å². The molecule has 17 heavy (non-hydrogen) atoms. The van der Waals surface area contributed by atoms with Gasteiger partial charge in [-0.15, -0.1) is 0 Å². The predicted molar refractivity (Wildman–Crippen MR) is 71.0 cm³/mol. The van der Waals surface area contributed by atoms with Gasteiger partial charge in [0.1, 0.15) is 0 Å². The first kappa shape index (κ1) is 14.5. The van der Waals surface area contributed by atoms with Crippen LogP contribution in [0.4, 0.5) is 0 Å². The van der Waals surface area contributed by atoms with E-state index in [1.54, 1.807) is 0 Å². The average molecular weight is 241 g/mol. The summed E-state index contributed by atoms with van der Waals surface area (Å²) < 4.78 is 0. The van der Waals surface area contributed by atoms with E-state index in [9.17, 15) is 4.79 Å². The van der Waals surface area contributed by atoms with Crippen molar-refractivity contribution in [3.05, 3.63) is 0 Å². The number of carbonyl (C=O) groups is 1. The van der Waals surface area contributed by atoms with Crippen molar-refractivity contribution in [3.8, 4) is 0 Å². The first-order valence-corrected chi connectivity index (χ1v) is 6.68. The molecule has 0 aromatic carbocycles. The molecule has 1 saturated heterocycles. The molecule has 4 nitrogen and oxygen atoms in total. The van der Waals surface area contributed by atoms with Crippen molar-refractivity contribution in [2.24, 2.45) is 0 Å². The minimum absolute atomic E-state index is 0.207. The van der Waals surface area contributed by atoms with Gasteiger partial charge in [0.15, 0.2) is 0 Å². The lowest BCUT2D eigenvalue weighted by molar-refractivity contribution is -0.132. The van der Waals surface area contributed by atoms with Crippen LogP contribution < -0.4 is 5.32 Å². The monoisotopic (exact) mass is 241 g/mol. The summed E-state index contributed by atoms with van der Waals surface area (Å²) in [6.07, 6.45) is 3.83. The fourth-order valence-electron chi connectivity index (χ4n) is 2.15. The maximum absolute atomic E-state index is 11.9. The summed E-state index contributed by atoms with van der Waals surface area (Å²) in [5.41, 5.74) is 0. The van der Waals surface area contributed by atoms with Gasteiger partial charge in [-0.2, -0.15) is 0 Å². The maximum Gasteiger partial charge on any atom is 0.236 e. The van der Waals surface area contributed by atoms with Crippen molar-refractivity contribution in [1.29, 1.82) is 0 Å². The number of hydrogen-bond donors (Lipinski definition) is 1. The van der Waals surface area contributed by atoms with Gasteiger partial charge in [-0.25, -0.2) is 0 Å². The van der Waals surface area contributed by atoms with E-state index < -0.39 is 0 Å². The zero-order chi connectivity index (χ0) is 12.8. The Morgan fingerprint density at radius 1 is 1.35 bits per heavy atom. The molecule has 4 heteroatoms. The highest BCUT2D eigenvalue weighted by Crippen LogP contribution is 2.08. The summed E-state index contributed by atoms with van der Waals surface area (Å²) in [6.45, 7) is 6.70. The Balaban J connectivity index is 2.28. The number of nitrogens with zero attached hydrogens (tertiary/aromatic N) is 2. The molecule has 1 atom stereocenters. The summed E-state index contributed by atoms with van der Waals surface area (Å²) >= 11 is 0. The third-order valence-corrected chi connectivity index (χ3v) is 3.52. The first-order chi connectivity index (χ1) is 8.00. The van der Waals surface area contributed by atoms with Crippen LogP contribution in [0.2, 0.25) is 0 Å². The van der Waals surface area contributed by atoms with Crippen LogP contribution in [0, 0.1) is 0 Å². The Morgan fingerprint density at radius 2 is 2.06 bits per heavy atom. The number of carbonyl (C=O) groups excluding carboxylic acids is 1.